The van der Waals surface area contributed by atoms with E-state index in [4.69, 9.17) is 4.74 Å². The number of benzene rings is 3. The fourth-order valence-electron chi connectivity index (χ4n) is 3.22. The van der Waals surface area contributed by atoms with Crippen molar-refractivity contribution in [3.63, 3.8) is 0 Å². The molecule has 0 aliphatic carbocycles. The number of anilines is 2. The number of carbonyl (C=O) groups excluding carboxylic acids is 2. The molecule has 2 N–H and O–H groups in total. The van der Waals surface area contributed by atoms with Crippen molar-refractivity contribution in [3.05, 3.63) is 83.4 Å². The third-order valence-corrected chi connectivity index (χ3v) is 6.11. The molecule has 3 aromatic rings. The summed E-state index contributed by atoms with van der Waals surface area (Å²) >= 11 is 0. The maximum Gasteiger partial charge on any atom is 0.262 e. The molecule has 0 saturated heterocycles. The van der Waals surface area contributed by atoms with Crippen LogP contribution >= 0.6 is 0 Å². The van der Waals surface area contributed by atoms with Gasteiger partial charge in [0.2, 0.25) is 0 Å². The average molecular weight is 467 g/mol. The topological polar surface area (TPSA) is 102 Å². The first-order chi connectivity index (χ1) is 15.7. The zero-order chi connectivity index (χ0) is 24.0. The van der Waals surface area contributed by atoms with Crippen molar-refractivity contribution in [2.45, 2.75) is 25.2 Å². The highest BCUT2D eigenvalue weighted by Crippen LogP contribution is 2.22. The summed E-state index contributed by atoms with van der Waals surface area (Å²) in [5.41, 5.74) is 3.12. The summed E-state index contributed by atoms with van der Waals surface area (Å²) in [5, 5.41) is 5.56. The number of aryl methyl sites for hydroxylation is 2. The molecule has 0 bridgehead atoms. The maximum absolute atomic E-state index is 12.6. The highest BCUT2D eigenvalue weighted by atomic mass is 32.2. The number of nitrogens with one attached hydrogen (secondary N) is 2. The SMILES string of the molecule is CCc1ccccc1OCC(=O)Nc1ccc(NC(=O)c2cccc(S(C)(=O)=O)c2)c(C)c1. The summed E-state index contributed by atoms with van der Waals surface area (Å²) in [7, 11) is -3.41. The number of hydrogen-bond acceptors (Lipinski definition) is 5. The summed E-state index contributed by atoms with van der Waals surface area (Å²) in [6.07, 6.45) is 1.90. The average Bonchev–Trinajstić information content (AvgIpc) is 2.79. The Morgan fingerprint density at radius 1 is 0.939 bits per heavy atom. The lowest BCUT2D eigenvalue weighted by Gasteiger charge is -2.13. The lowest BCUT2D eigenvalue weighted by Crippen LogP contribution is -2.20. The summed E-state index contributed by atoms with van der Waals surface area (Å²) in [6.45, 7) is 3.70. The lowest BCUT2D eigenvalue weighted by molar-refractivity contribution is -0.118. The predicted octanol–water partition coefficient (Wildman–Crippen LogP) is 4.23. The summed E-state index contributed by atoms with van der Waals surface area (Å²) in [5.74, 6) is -0.0395. The van der Waals surface area contributed by atoms with Crippen molar-refractivity contribution in [3.8, 4) is 5.75 Å². The number of sulfone groups is 1. The first-order valence-corrected chi connectivity index (χ1v) is 12.3. The Balaban J connectivity index is 1.63. The molecule has 0 aromatic heterocycles. The standard InChI is InChI=1S/C25H26N2O5S/c1-4-18-8-5-6-11-23(18)32-16-24(28)26-20-12-13-22(17(2)14-20)27-25(29)19-9-7-10-21(15-19)33(3,30)31/h5-15H,4,16H2,1-3H3,(H,26,28)(H,27,29). The molecule has 172 valence electrons. The van der Waals surface area contributed by atoms with Crippen LogP contribution in [0.3, 0.4) is 0 Å². The van der Waals surface area contributed by atoms with E-state index in [1.54, 1.807) is 31.2 Å². The Morgan fingerprint density at radius 2 is 1.70 bits per heavy atom. The van der Waals surface area contributed by atoms with Crippen molar-refractivity contribution < 1.29 is 22.7 Å². The molecule has 0 atom stereocenters. The van der Waals surface area contributed by atoms with Gasteiger partial charge in [-0.1, -0.05) is 31.2 Å². The van der Waals surface area contributed by atoms with Crippen LogP contribution in [0.2, 0.25) is 0 Å². The summed E-state index contributed by atoms with van der Waals surface area (Å²) < 4.78 is 29.1. The summed E-state index contributed by atoms with van der Waals surface area (Å²) in [4.78, 5) is 25.0. The van der Waals surface area contributed by atoms with Crippen LogP contribution in [0.4, 0.5) is 11.4 Å². The van der Waals surface area contributed by atoms with Gasteiger partial charge in [0.15, 0.2) is 16.4 Å². The van der Waals surface area contributed by atoms with E-state index in [9.17, 15) is 18.0 Å². The third kappa shape index (κ3) is 6.43. The highest BCUT2D eigenvalue weighted by Gasteiger charge is 2.13. The maximum atomic E-state index is 12.6. The molecule has 8 heteroatoms. The number of carbonyl (C=O) groups is 2. The van der Waals surface area contributed by atoms with Crippen molar-refractivity contribution in [1.82, 2.24) is 0 Å². The van der Waals surface area contributed by atoms with Crippen LogP contribution in [0, 0.1) is 6.92 Å². The van der Waals surface area contributed by atoms with E-state index < -0.39 is 15.7 Å². The Bertz CT molecular complexity index is 1290. The molecule has 0 radical (unpaired) electrons. The fourth-order valence-corrected chi connectivity index (χ4v) is 3.89. The van der Waals surface area contributed by atoms with Crippen LogP contribution in [-0.2, 0) is 21.1 Å². The minimum absolute atomic E-state index is 0.0775. The van der Waals surface area contributed by atoms with Gasteiger partial charge in [-0.05, 0) is 66.9 Å². The molecule has 2 amide bonds. The third-order valence-electron chi connectivity index (χ3n) is 5.00. The van der Waals surface area contributed by atoms with Crippen molar-refractivity contribution >= 4 is 33.0 Å². The molecule has 3 rings (SSSR count). The molecule has 0 unspecified atom stereocenters. The molecular formula is C25H26N2O5S. The molecule has 0 saturated carbocycles. The normalized spacial score (nSPS) is 11.0. The zero-order valence-electron chi connectivity index (χ0n) is 18.7. The molecule has 0 spiro atoms. The number of ether oxygens (including phenoxy) is 1. The van der Waals surface area contributed by atoms with Crippen LogP contribution in [0.5, 0.6) is 5.75 Å². The number of rotatable bonds is 8. The monoisotopic (exact) mass is 466 g/mol. The number of para-hydroxylation sites is 1. The van der Waals surface area contributed by atoms with Gasteiger partial charge in [0.25, 0.3) is 11.8 Å². The Labute approximate surface area is 193 Å². The molecule has 7 nitrogen and oxygen atoms in total. The molecule has 0 aliphatic rings. The predicted molar refractivity (Wildman–Crippen MR) is 129 cm³/mol. The van der Waals surface area contributed by atoms with Gasteiger partial charge in [0.1, 0.15) is 5.75 Å². The van der Waals surface area contributed by atoms with Crippen LogP contribution in [0.25, 0.3) is 0 Å². The molecule has 0 fully saturated rings. The van der Waals surface area contributed by atoms with E-state index in [1.807, 2.05) is 31.2 Å². The van der Waals surface area contributed by atoms with Crippen LogP contribution in [0.15, 0.2) is 71.6 Å². The van der Waals surface area contributed by atoms with Gasteiger partial charge < -0.3 is 15.4 Å². The second kappa shape index (κ2) is 10.3. The summed E-state index contributed by atoms with van der Waals surface area (Å²) in [6, 6.07) is 18.5. The molecule has 0 aliphatic heterocycles. The van der Waals surface area contributed by atoms with Crippen LogP contribution < -0.4 is 15.4 Å². The Morgan fingerprint density at radius 3 is 2.39 bits per heavy atom. The lowest BCUT2D eigenvalue weighted by atomic mass is 10.1. The zero-order valence-corrected chi connectivity index (χ0v) is 19.5. The largest absolute Gasteiger partial charge is 0.483 e. The van der Waals surface area contributed by atoms with E-state index in [0.29, 0.717) is 17.1 Å². The Hall–Kier alpha value is -3.65. The Kier molecular flexibility index (Phi) is 7.50. The fraction of sp³-hybridized carbons (Fsp3) is 0.200. The first kappa shape index (κ1) is 24.0. The van der Waals surface area contributed by atoms with Crippen LogP contribution in [-0.4, -0.2) is 33.1 Å². The molecule has 33 heavy (non-hydrogen) atoms. The van der Waals surface area contributed by atoms with E-state index in [-0.39, 0.29) is 23.0 Å². The smallest absolute Gasteiger partial charge is 0.262 e. The minimum Gasteiger partial charge on any atom is -0.483 e. The number of amides is 2. The first-order valence-electron chi connectivity index (χ1n) is 10.4. The van der Waals surface area contributed by atoms with E-state index in [0.717, 1.165) is 23.8 Å². The van der Waals surface area contributed by atoms with E-state index >= 15 is 0 Å². The minimum atomic E-state index is -3.41. The highest BCUT2D eigenvalue weighted by molar-refractivity contribution is 7.90. The van der Waals surface area contributed by atoms with Crippen molar-refractivity contribution in [1.29, 1.82) is 0 Å². The second-order valence-corrected chi connectivity index (χ2v) is 9.60. The van der Waals surface area contributed by atoms with Gasteiger partial charge in [0, 0.05) is 23.2 Å². The van der Waals surface area contributed by atoms with Gasteiger partial charge in [-0.2, -0.15) is 0 Å². The van der Waals surface area contributed by atoms with E-state index in [2.05, 4.69) is 10.6 Å². The molecule has 0 heterocycles. The second-order valence-electron chi connectivity index (χ2n) is 7.58. The van der Waals surface area contributed by atoms with Gasteiger partial charge in [-0.25, -0.2) is 8.42 Å². The van der Waals surface area contributed by atoms with Crippen molar-refractivity contribution in [2.75, 3.05) is 23.5 Å². The van der Waals surface area contributed by atoms with Gasteiger partial charge >= 0.3 is 0 Å². The quantitative estimate of drug-likeness (QED) is 0.517. The van der Waals surface area contributed by atoms with Crippen molar-refractivity contribution in [2.24, 2.45) is 0 Å². The van der Waals surface area contributed by atoms with E-state index in [1.165, 1.54) is 18.2 Å². The molecule has 3 aromatic carbocycles. The van der Waals surface area contributed by atoms with Crippen LogP contribution in [0.1, 0.15) is 28.4 Å². The van der Waals surface area contributed by atoms with Gasteiger partial charge in [-0.15, -0.1) is 0 Å². The van der Waals surface area contributed by atoms with Gasteiger partial charge in [0.05, 0.1) is 4.90 Å². The van der Waals surface area contributed by atoms with Gasteiger partial charge in [-0.3, -0.25) is 9.59 Å². The number of hydrogen-bond donors (Lipinski definition) is 2. The molecular weight excluding hydrogens is 440 g/mol.